The highest BCUT2D eigenvalue weighted by atomic mass is 28.3. The normalized spacial score (nSPS) is 18.7. The summed E-state index contributed by atoms with van der Waals surface area (Å²) in [6, 6.07) is 6.05. The second-order valence-electron chi connectivity index (χ2n) is 17.1. The lowest BCUT2D eigenvalue weighted by Crippen LogP contribution is -2.45. The number of nitrogens with zero attached hydrogens (tertiary/aromatic N) is 6. The van der Waals surface area contributed by atoms with Crippen LogP contribution in [-0.4, -0.2) is 112 Å². The molecule has 306 valence electrons. The van der Waals surface area contributed by atoms with Gasteiger partial charge in [0.15, 0.2) is 11.2 Å². The van der Waals surface area contributed by atoms with Crippen molar-refractivity contribution in [2.24, 2.45) is 4.99 Å². The molecule has 1 saturated carbocycles. The van der Waals surface area contributed by atoms with Gasteiger partial charge in [-0.15, -0.1) is 0 Å². The summed E-state index contributed by atoms with van der Waals surface area (Å²) in [6.45, 7) is 23.1. The number of carbonyl (C=O) groups is 1. The zero-order chi connectivity index (χ0) is 40.5. The Morgan fingerprint density at radius 2 is 1.68 bits per heavy atom. The van der Waals surface area contributed by atoms with Crippen molar-refractivity contribution in [3.8, 4) is 11.1 Å². The van der Waals surface area contributed by atoms with Crippen molar-refractivity contribution in [1.82, 2.24) is 19.6 Å². The number of fused-ring (bicyclic) bond motifs is 1. The number of pyridine rings is 1. The van der Waals surface area contributed by atoms with Gasteiger partial charge in [-0.3, -0.25) is 9.98 Å². The highest BCUT2D eigenvalue weighted by Gasteiger charge is 2.45. The zero-order valence-corrected chi connectivity index (χ0v) is 36.7. The molecule has 3 aromatic rings. The quantitative estimate of drug-likeness (QED) is 0.0456. The Bertz CT molecular complexity index is 1840. The van der Waals surface area contributed by atoms with Crippen LogP contribution >= 0.6 is 0 Å². The van der Waals surface area contributed by atoms with Gasteiger partial charge in [-0.05, 0) is 50.8 Å². The topological polar surface area (TPSA) is 142 Å². The molecule has 56 heavy (non-hydrogen) atoms. The molecular weight excluding hydrogens is 745 g/mol. The predicted molar refractivity (Wildman–Crippen MR) is 227 cm³/mol. The molecule has 0 aromatic carbocycles. The van der Waals surface area contributed by atoms with Crippen molar-refractivity contribution in [1.29, 1.82) is 0 Å². The number of carboxylic acid groups (broad SMARTS) is 1. The second-order valence-corrected chi connectivity index (χ2v) is 28.3. The van der Waals surface area contributed by atoms with Crippen LogP contribution in [0.25, 0.3) is 22.5 Å². The molecule has 5 rings (SSSR count). The maximum Gasteiger partial charge on any atom is 0.335 e. The van der Waals surface area contributed by atoms with E-state index in [-0.39, 0.29) is 26.0 Å². The molecule has 3 aromatic heterocycles. The number of allylic oxidation sites excluding steroid dienone is 1. The van der Waals surface area contributed by atoms with Crippen LogP contribution in [0.15, 0.2) is 48.4 Å². The van der Waals surface area contributed by atoms with Gasteiger partial charge in [0.05, 0.1) is 48.7 Å². The van der Waals surface area contributed by atoms with E-state index in [0.29, 0.717) is 74.9 Å². The Morgan fingerprint density at radius 3 is 2.21 bits per heavy atom. The van der Waals surface area contributed by atoms with Gasteiger partial charge >= 0.3 is 5.97 Å². The molecule has 1 N–H and O–H groups in total. The standard InChI is InChI=1S/C41H62N6O7Si2/c1-10-53-30(2)36-37(31-15-17-41(18-16-31,40(48)49)54-21-20-50-3)45-38-33(32-13-14-35(43-26-32)34-12-11-19-42-34)27-44-47(38)39(36)46(28-51-22-24-55(4,5)6)29-52-23-25-56(7,8)9/h11,13-14,19,26-27,31H,2,10,12,15-18,20-25,28-29H2,1,3-9H3,(H,48,49). The Kier molecular flexibility index (Phi) is 14.8. The molecule has 0 spiro atoms. The van der Waals surface area contributed by atoms with Crippen LogP contribution in [0.3, 0.4) is 0 Å². The summed E-state index contributed by atoms with van der Waals surface area (Å²) in [7, 11) is -1.14. The minimum Gasteiger partial charge on any atom is -0.494 e. The Balaban J connectivity index is 1.64. The fourth-order valence-electron chi connectivity index (χ4n) is 6.92. The maximum absolute atomic E-state index is 12.7. The number of hydrogen-bond donors (Lipinski definition) is 1. The molecule has 0 atom stereocenters. The third-order valence-corrected chi connectivity index (χ3v) is 13.7. The van der Waals surface area contributed by atoms with Crippen LogP contribution in [-0.2, 0) is 28.5 Å². The van der Waals surface area contributed by atoms with Crippen LogP contribution < -0.4 is 4.90 Å². The maximum atomic E-state index is 12.7. The second kappa shape index (κ2) is 19.1. The molecule has 1 aliphatic carbocycles. The number of carboxylic acids is 1. The van der Waals surface area contributed by atoms with Crippen molar-refractivity contribution in [2.75, 3.05) is 58.5 Å². The van der Waals surface area contributed by atoms with Gasteiger partial charge in [0.2, 0.25) is 0 Å². The van der Waals surface area contributed by atoms with Crippen LogP contribution in [0.5, 0.6) is 0 Å². The summed E-state index contributed by atoms with van der Waals surface area (Å²) < 4.78 is 32.1. The van der Waals surface area contributed by atoms with E-state index >= 15 is 0 Å². The molecule has 1 aliphatic heterocycles. The largest absolute Gasteiger partial charge is 0.494 e. The highest BCUT2D eigenvalue weighted by molar-refractivity contribution is 6.76. The molecule has 13 nitrogen and oxygen atoms in total. The summed E-state index contributed by atoms with van der Waals surface area (Å²) in [6.07, 6.45) is 9.95. The van der Waals surface area contributed by atoms with E-state index in [9.17, 15) is 9.90 Å². The lowest BCUT2D eigenvalue weighted by molar-refractivity contribution is -0.173. The third-order valence-electron chi connectivity index (χ3n) is 10.3. The third kappa shape index (κ3) is 11.0. The van der Waals surface area contributed by atoms with E-state index in [4.69, 9.17) is 38.8 Å². The van der Waals surface area contributed by atoms with E-state index in [0.717, 1.165) is 46.7 Å². The smallest absolute Gasteiger partial charge is 0.335 e. The van der Waals surface area contributed by atoms with Crippen LogP contribution in [0.4, 0.5) is 5.82 Å². The first kappa shape index (κ1) is 43.4. The van der Waals surface area contributed by atoms with Crippen molar-refractivity contribution in [2.45, 2.75) is 102 Å². The van der Waals surface area contributed by atoms with Crippen molar-refractivity contribution in [3.63, 3.8) is 0 Å². The van der Waals surface area contributed by atoms with Gasteiger partial charge in [0.1, 0.15) is 25.0 Å². The number of aromatic nitrogens is 4. The Morgan fingerprint density at radius 1 is 1.00 bits per heavy atom. The first-order valence-corrected chi connectivity index (χ1v) is 27.3. The van der Waals surface area contributed by atoms with E-state index in [1.807, 2.05) is 48.2 Å². The van der Waals surface area contributed by atoms with Gasteiger partial charge in [0, 0.05) is 72.3 Å². The zero-order valence-electron chi connectivity index (χ0n) is 34.7. The van der Waals surface area contributed by atoms with Crippen molar-refractivity contribution >= 4 is 45.1 Å². The van der Waals surface area contributed by atoms with Crippen molar-refractivity contribution < 1.29 is 33.6 Å². The molecule has 0 unspecified atom stereocenters. The number of hydrogen-bond acceptors (Lipinski definition) is 11. The van der Waals surface area contributed by atoms with E-state index in [1.54, 1.807) is 7.11 Å². The van der Waals surface area contributed by atoms with Gasteiger partial charge in [-0.2, -0.15) is 9.61 Å². The summed E-state index contributed by atoms with van der Waals surface area (Å²) in [5, 5.41) is 15.3. The summed E-state index contributed by atoms with van der Waals surface area (Å²) in [4.78, 5) is 29.4. The number of ether oxygens (including phenoxy) is 5. The SMILES string of the molecule is C=C(OCC)c1c(C2CCC(OCCOC)(C(=O)O)CC2)nc2c(-c3ccc(C4=NC=CC4)nc3)cnn2c1N(COCC[Si](C)(C)C)COCC[Si](C)(C)C. The number of aliphatic imine (C=N–C) groups is 1. The van der Waals surface area contributed by atoms with Gasteiger partial charge in [-0.25, -0.2) is 9.78 Å². The van der Waals surface area contributed by atoms with Crippen molar-refractivity contribution in [3.05, 3.63) is 60.3 Å². The predicted octanol–water partition coefficient (Wildman–Crippen LogP) is 8.08. The van der Waals surface area contributed by atoms with Crippen LogP contribution in [0.1, 0.15) is 61.9 Å². The number of anilines is 1. The molecule has 0 saturated heterocycles. The van der Waals surface area contributed by atoms with E-state index in [1.165, 1.54) is 0 Å². The fourth-order valence-corrected chi connectivity index (χ4v) is 8.43. The summed E-state index contributed by atoms with van der Waals surface area (Å²) in [5.41, 5.74) is 4.25. The number of aliphatic carboxylic acids is 1. The van der Waals surface area contributed by atoms with Crippen LogP contribution in [0, 0.1) is 0 Å². The Labute approximate surface area is 334 Å². The minimum absolute atomic E-state index is 0.122. The number of methoxy groups -OCH3 is 1. The molecule has 1 fully saturated rings. The molecule has 4 heterocycles. The van der Waals surface area contributed by atoms with Crippen LogP contribution in [0.2, 0.25) is 51.4 Å². The lowest BCUT2D eigenvalue weighted by atomic mass is 9.76. The molecule has 0 amide bonds. The lowest BCUT2D eigenvalue weighted by Gasteiger charge is -2.37. The summed E-state index contributed by atoms with van der Waals surface area (Å²) >= 11 is 0. The summed E-state index contributed by atoms with van der Waals surface area (Å²) in [5.74, 6) is 0.0863. The monoisotopic (exact) mass is 806 g/mol. The van der Waals surface area contributed by atoms with Gasteiger partial charge in [-0.1, -0.05) is 58.0 Å². The average molecular weight is 807 g/mol. The first-order chi connectivity index (χ1) is 26.7. The average Bonchev–Trinajstić information content (AvgIpc) is 3.84. The first-order valence-electron chi connectivity index (χ1n) is 19.9. The van der Waals surface area contributed by atoms with Gasteiger partial charge < -0.3 is 33.7 Å². The van der Waals surface area contributed by atoms with E-state index < -0.39 is 27.7 Å². The molecule has 0 radical (unpaired) electrons. The molecule has 0 bridgehead atoms. The van der Waals surface area contributed by atoms with Gasteiger partial charge in [0.25, 0.3) is 0 Å². The molecular formula is C41H62N6O7Si2. The minimum atomic E-state index is -1.36. The molecule has 2 aliphatic rings. The number of rotatable bonds is 22. The fraction of sp³-hybridized carbons (Fsp3) is 0.585. The Hall–Kier alpha value is -3.74. The van der Waals surface area contributed by atoms with E-state index in [2.05, 4.69) is 55.8 Å². The highest BCUT2D eigenvalue weighted by Crippen LogP contribution is 2.45. The molecule has 15 heteroatoms.